The second-order valence-electron chi connectivity index (χ2n) is 6.84. The zero-order valence-corrected chi connectivity index (χ0v) is 16.0. The van der Waals surface area contributed by atoms with Gasteiger partial charge in [0, 0.05) is 18.2 Å². The highest BCUT2D eigenvalue weighted by Gasteiger charge is 2.36. The van der Waals surface area contributed by atoms with Crippen LogP contribution in [0.5, 0.6) is 0 Å². The first-order chi connectivity index (χ1) is 15.0. The van der Waals surface area contributed by atoms with Gasteiger partial charge in [-0.05, 0) is 23.8 Å². The van der Waals surface area contributed by atoms with Crippen LogP contribution in [0.3, 0.4) is 0 Å². The third kappa shape index (κ3) is 4.43. The highest BCUT2D eigenvalue weighted by Crippen LogP contribution is 2.36. The summed E-state index contributed by atoms with van der Waals surface area (Å²) in [5.74, 6) is -0.125. The highest BCUT2D eigenvalue weighted by atomic mass is 19.4. The number of benzene rings is 2. The average molecular weight is 452 g/mol. The molecule has 0 amide bonds. The molecule has 12 heteroatoms. The van der Waals surface area contributed by atoms with Crippen molar-refractivity contribution in [3.05, 3.63) is 71.3 Å². The molecule has 6 nitrogen and oxygen atoms in total. The standard InChI is InChI=1S/C20H14F6N6/c21-19(22,23)13-6-11(7-14(8-13)20(24,25)26)10-28-18-30-17(27)29-16-9-15(31-32(16)18)12-4-2-1-3-5-12/h1-9H,10H2,(H3,27,28,29,30). The van der Waals surface area contributed by atoms with Gasteiger partial charge in [0.15, 0.2) is 5.65 Å². The molecule has 0 aliphatic heterocycles. The van der Waals surface area contributed by atoms with Gasteiger partial charge < -0.3 is 11.1 Å². The van der Waals surface area contributed by atoms with Crippen molar-refractivity contribution in [1.29, 1.82) is 0 Å². The molecule has 0 unspecified atom stereocenters. The molecule has 3 N–H and O–H groups in total. The molecule has 4 aromatic rings. The Bertz CT molecular complexity index is 1230. The summed E-state index contributed by atoms with van der Waals surface area (Å²) in [7, 11) is 0. The smallest absolute Gasteiger partial charge is 0.368 e. The van der Waals surface area contributed by atoms with Gasteiger partial charge >= 0.3 is 12.4 Å². The average Bonchev–Trinajstić information content (AvgIpc) is 3.15. The monoisotopic (exact) mass is 452 g/mol. The zero-order chi connectivity index (χ0) is 23.1. The minimum atomic E-state index is -4.94. The Morgan fingerprint density at radius 3 is 2.06 bits per heavy atom. The number of nitrogens with one attached hydrogen (secondary N) is 1. The van der Waals surface area contributed by atoms with Crippen LogP contribution in [-0.4, -0.2) is 19.6 Å². The number of hydrogen-bond acceptors (Lipinski definition) is 5. The zero-order valence-electron chi connectivity index (χ0n) is 16.0. The van der Waals surface area contributed by atoms with Crippen molar-refractivity contribution in [3.63, 3.8) is 0 Å². The van der Waals surface area contributed by atoms with E-state index >= 15 is 0 Å². The topological polar surface area (TPSA) is 81.1 Å². The van der Waals surface area contributed by atoms with E-state index in [1.165, 1.54) is 4.52 Å². The van der Waals surface area contributed by atoms with Crippen LogP contribution in [-0.2, 0) is 18.9 Å². The van der Waals surface area contributed by atoms with Crippen LogP contribution in [0, 0.1) is 0 Å². The molecule has 2 aromatic carbocycles. The molecule has 0 bridgehead atoms. The Labute approximate surface area is 176 Å². The van der Waals surface area contributed by atoms with E-state index in [4.69, 9.17) is 5.73 Å². The van der Waals surface area contributed by atoms with Gasteiger partial charge in [-0.25, -0.2) is 0 Å². The Morgan fingerprint density at radius 2 is 1.47 bits per heavy atom. The second kappa shape index (κ2) is 7.70. The van der Waals surface area contributed by atoms with Crippen molar-refractivity contribution in [3.8, 4) is 11.3 Å². The number of nitrogens with two attached hydrogens (primary N) is 1. The molecule has 0 fully saturated rings. The number of nitrogen functional groups attached to an aromatic ring is 1. The molecular weight excluding hydrogens is 438 g/mol. The molecule has 0 aliphatic carbocycles. The number of hydrogen-bond donors (Lipinski definition) is 2. The van der Waals surface area contributed by atoms with Crippen LogP contribution in [0.4, 0.5) is 38.2 Å². The van der Waals surface area contributed by atoms with Crippen molar-refractivity contribution >= 4 is 17.5 Å². The van der Waals surface area contributed by atoms with Crippen LogP contribution >= 0.6 is 0 Å². The molecule has 166 valence electrons. The van der Waals surface area contributed by atoms with E-state index in [0.717, 1.165) is 5.56 Å². The minimum absolute atomic E-state index is 0.0145. The largest absolute Gasteiger partial charge is 0.416 e. The lowest BCUT2D eigenvalue weighted by atomic mass is 10.0. The normalized spacial score (nSPS) is 12.3. The third-order valence-electron chi connectivity index (χ3n) is 4.51. The van der Waals surface area contributed by atoms with E-state index in [1.807, 2.05) is 30.3 Å². The maximum atomic E-state index is 13.1. The predicted molar refractivity (Wildman–Crippen MR) is 104 cm³/mol. The molecule has 2 heterocycles. The highest BCUT2D eigenvalue weighted by molar-refractivity contribution is 5.65. The summed E-state index contributed by atoms with van der Waals surface area (Å²) in [5.41, 5.74) is 4.27. The molecule has 4 rings (SSSR count). The summed E-state index contributed by atoms with van der Waals surface area (Å²) in [5, 5.41) is 7.07. The van der Waals surface area contributed by atoms with E-state index in [-0.39, 0.29) is 30.1 Å². The summed E-state index contributed by atoms with van der Waals surface area (Å²) in [6.07, 6.45) is -9.87. The Balaban J connectivity index is 1.69. The van der Waals surface area contributed by atoms with E-state index in [0.29, 0.717) is 23.5 Å². The van der Waals surface area contributed by atoms with Crippen molar-refractivity contribution in [1.82, 2.24) is 19.6 Å². The lowest BCUT2D eigenvalue weighted by Crippen LogP contribution is -2.14. The fraction of sp³-hybridized carbons (Fsp3) is 0.150. The quantitative estimate of drug-likeness (QED) is 0.425. The number of anilines is 2. The SMILES string of the molecule is Nc1nc(NCc2cc(C(F)(F)F)cc(C(F)(F)F)c2)n2nc(-c3ccccc3)cc2n1. The predicted octanol–water partition coefficient (Wildman–Crippen LogP) is 5.02. The Hall–Kier alpha value is -3.83. The molecule has 0 spiro atoms. The number of nitrogens with zero attached hydrogens (tertiary/aromatic N) is 4. The molecule has 0 atom stereocenters. The van der Waals surface area contributed by atoms with Gasteiger partial charge in [-0.15, -0.1) is 0 Å². The number of alkyl halides is 6. The third-order valence-corrected chi connectivity index (χ3v) is 4.51. The molecule has 0 saturated carbocycles. The van der Waals surface area contributed by atoms with Gasteiger partial charge in [0.05, 0.1) is 16.8 Å². The van der Waals surface area contributed by atoms with Gasteiger partial charge in [-0.3, -0.25) is 0 Å². The summed E-state index contributed by atoms with van der Waals surface area (Å²) in [4.78, 5) is 8.04. The number of aromatic nitrogens is 4. The Kier molecular flexibility index (Phi) is 5.15. The van der Waals surface area contributed by atoms with E-state index in [9.17, 15) is 26.3 Å². The maximum absolute atomic E-state index is 13.1. The van der Waals surface area contributed by atoms with Gasteiger partial charge in [0.2, 0.25) is 11.9 Å². The fourth-order valence-corrected chi connectivity index (χ4v) is 3.07. The van der Waals surface area contributed by atoms with Crippen LogP contribution < -0.4 is 11.1 Å². The molecule has 0 radical (unpaired) electrons. The van der Waals surface area contributed by atoms with E-state index in [1.54, 1.807) is 6.07 Å². The van der Waals surface area contributed by atoms with Crippen molar-refractivity contribution in [2.45, 2.75) is 18.9 Å². The summed E-state index contributed by atoms with van der Waals surface area (Å²) in [6, 6.07) is 12.1. The van der Waals surface area contributed by atoms with Crippen molar-refractivity contribution in [2.24, 2.45) is 0 Å². The summed E-state index contributed by atoms with van der Waals surface area (Å²) in [6.45, 7) is -0.390. The summed E-state index contributed by atoms with van der Waals surface area (Å²) < 4.78 is 79.8. The van der Waals surface area contributed by atoms with Gasteiger partial charge in [-0.1, -0.05) is 30.3 Å². The van der Waals surface area contributed by atoms with E-state index < -0.39 is 23.5 Å². The number of halogens is 6. The van der Waals surface area contributed by atoms with E-state index in [2.05, 4.69) is 20.4 Å². The first-order valence-electron chi connectivity index (χ1n) is 9.12. The Morgan fingerprint density at radius 1 is 0.844 bits per heavy atom. The number of fused-ring (bicyclic) bond motifs is 1. The van der Waals surface area contributed by atoms with Crippen LogP contribution in [0.15, 0.2) is 54.6 Å². The van der Waals surface area contributed by atoms with Gasteiger partial charge in [-0.2, -0.15) is 45.9 Å². The lowest BCUT2D eigenvalue weighted by molar-refractivity contribution is -0.143. The molecule has 2 aromatic heterocycles. The van der Waals surface area contributed by atoms with Crippen molar-refractivity contribution < 1.29 is 26.3 Å². The number of rotatable bonds is 4. The van der Waals surface area contributed by atoms with Crippen LogP contribution in [0.1, 0.15) is 16.7 Å². The van der Waals surface area contributed by atoms with Gasteiger partial charge in [0.25, 0.3) is 0 Å². The molecule has 0 saturated heterocycles. The minimum Gasteiger partial charge on any atom is -0.368 e. The first kappa shape index (κ1) is 21.4. The van der Waals surface area contributed by atoms with Crippen LogP contribution in [0.25, 0.3) is 16.9 Å². The van der Waals surface area contributed by atoms with Crippen LogP contribution in [0.2, 0.25) is 0 Å². The molecular formula is C20H14F6N6. The first-order valence-corrected chi connectivity index (χ1v) is 9.12. The lowest BCUT2D eigenvalue weighted by Gasteiger charge is -2.15. The summed E-state index contributed by atoms with van der Waals surface area (Å²) >= 11 is 0. The second-order valence-corrected chi connectivity index (χ2v) is 6.84. The van der Waals surface area contributed by atoms with Gasteiger partial charge in [0.1, 0.15) is 0 Å². The maximum Gasteiger partial charge on any atom is 0.416 e. The van der Waals surface area contributed by atoms with Crippen molar-refractivity contribution in [2.75, 3.05) is 11.1 Å². The molecule has 0 aliphatic rings. The fourth-order valence-electron chi connectivity index (χ4n) is 3.07. The molecule has 32 heavy (non-hydrogen) atoms.